The Balaban J connectivity index is -0.000000171. The second kappa shape index (κ2) is 50.6. The van der Waals surface area contributed by atoms with E-state index < -0.39 is 0 Å². The molecule has 1 amide bonds. The zero-order chi connectivity index (χ0) is 56.8. The fourth-order valence-corrected chi connectivity index (χ4v) is 6.52. The van der Waals surface area contributed by atoms with E-state index in [-0.39, 0.29) is 16.8 Å². The van der Waals surface area contributed by atoms with Crippen LogP contribution in [0.25, 0.3) is 0 Å². The van der Waals surface area contributed by atoms with E-state index in [1.807, 2.05) is 78.4 Å². The van der Waals surface area contributed by atoms with Gasteiger partial charge in [0, 0.05) is 36.4 Å². The molecule has 1 atom stereocenters. The third-order valence-electron chi connectivity index (χ3n) is 9.97. The summed E-state index contributed by atoms with van der Waals surface area (Å²) < 4.78 is 15.5. The first-order chi connectivity index (χ1) is 32.5. The highest BCUT2D eigenvalue weighted by atomic mass is 32.2. The Morgan fingerprint density at radius 1 is 0.620 bits per heavy atom. The normalized spacial score (nSPS) is 12.8. The fraction of sp³-hybridized carbons (Fsp3) is 0.794. The summed E-state index contributed by atoms with van der Waals surface area (Å²) in [6.45, 7) is 56.2. The SMILES string of the molecule is CC(=O)NCSC(C)(C)C.CC(C)CC(C)(C)C.CC(C)OCc1ccccc1.CC(O)C1CCCCC1.CCC(C)C.CCC(C)C.COC(C)C.COC(C)C.Cc1ccc(CSC(C)(C)C)cc1. The highest BCUT2D eigenvalue weighted by Crippen LogP contribution is 2.28. The van der Waals surface area contributed by atoms with Gasteiger partial charge in [-0.15, -0.1) is 11.8 Å². The summed E-state index contributed by atoms with van der Waals surface area (Å²) in [5.41, 5.74) is 4.52. The van der Waals surface area contributed by atoms with Crippen LogP contribution in [0.3, 0.4) is 0 Å². The van der Waals surface area contributed by atoms with E-state index in [4.69, 9.17) is 14.2 Å². The number of hydrogen-bond donors (Lipinski definition) is 2. The lowest BCUT2D eigenvalue weighted by Crippen LogP contribution is -2.22. The van der Waals surface area contributed by atoms with Crippen molar-refractivity contribution in [1.82, 2.24) is 5.32 Å². The van der Waals surface area contributed by atoms with Gasteiger partial charge in [-0.3, -0.25) is 4.79 Å². The molecule has 1 saturated carbocycles. The average Bonchev–Trinajstić information content (AvgIpc) is 3.26. The topological polar surface area (TPSA) is 77.0 Å². The van der Waals surface area contributed by atoms with Gasteiger partial charge in [-0.05, 0) is 115 Å². The van der Waals surface area contributed by atoms with Crippen LogP contribution in [-0.4, -0.2) is 65.0 Å². The van der Waals surface area contributed by atoms with E-state index in [9.17, 15) is 9.90 Å². The van der Waals surface area contributed by atoms with Crippen LogP contribution in [0.4, 0.5) is 0 Å². The number of rotatable bonds is 13. The quantitative estimate of drug-likeness (QED) is 0.194. The summed E-state index contributed by atoms with van der Waals surface area (Å²) >= 11 is 3.72. The summed E-state index contributed by atoms with van der Waals surface area (Å²) in [6.07, 6.45) is 11.5. The number of methoxy groups -OCH3 is 2. The maximum atomic E-state index is 10.4. The molecule has 1 aliphatic rings. The second-order valence-electron chi connectivity index (χ2n) is 23.8. The first kappa shape index (κ1) is 80.8. The number of aryl methyl sites for hydroxylation is 1. The summed E-state index contributed by atoms with van der Waals surface area (Å²) in [7, 11) is 3.40. The molecular formula is C63H125NO5S2. The summed E-state index contributed by atoms with van der Waals surface area (Å²) in [4.78, 5) is 10.4. The fourth-order valence-electron chi connectivity index (χ4n) is 5.02. The molecule has 3 rings (SSSR count). The van der Waals surface area contributed by atoms with Gasteiger partial charge < -0.3 is 24.6 Å². The Kier molecular flexibility index (Phi) is 57.6. The number of carbonyl (C=O) groups is 1. The van der Waals surface area contributed by atoms with Crippen molar-refractivity contribution in [2.45, 2.75) is 278 Å². The number of aliphatic hydroxyl groups is 1. The number of amides is 1. The minimum absolute atomic E-state index is 0.0387. The number of nitrogens with one attached hydrogen (secondary N) is 1. The molecular weight excluding hydrogens is 915 g/mol. The molecule has 2 aromatic carbocycles. The van der Waals surface area contributed by atoms with Crippen LogP contribution >= 0.6 is 23.5 Å². The largest absolute Gasteiger partial charge is 0.393 e. The Morgan fingerprint density at radius 3 is 1.27 bits per heavy atom. The van der Waals surface area contributed by atoms with E-state index in [0.717, 1.165) is 30.1 Å². The molecule has 2 N–H and O–H groups in total. The van der Waals surface area contributed by atoms with Gasteiger partial charge in [0.25, 0.3) is 0 Å². The summed E-state index contributed by atoms with van der Waals surface area (Å²) in [5, 5.41) is 11.9. The Morgan fingerprint density at radius 2 is 1.01 bits per heavy atom. The van der Waals surface area contributed by atoms with Gasteiger partial charge in [0.05, 0.1) is 36.9 Å². The molecule has 0 heterocycles. The molecule has 0 saturated heterocycles. The standard InChI is InChI=1S/C12H18S.C10H14O.C8H16O.C8H18.C7H15NOS.2C5H12.2C4H10O/c1-10-5-7-11(8-6-10)9-13-12(2,3)4;1-9(2)11-8-10-6-4-3-5-7-10;1-7(9)8-5-3-2-4-6-8;1-7(2)6-8(3,4)5;1-6(9)8-5-10-7(2,3)4;2*1-4-5(2)3;2*1-4(2)5-3/h5-8H,9H2,1-4H3;3-7,9H,8H2,1-2H3;7-9H,2-6H2,1H3;7H,6H2,1-5H3;5H2,1-4H3,(H,8,9);2*5H,4H2,1-3H3;2*4H,1-3H3. The van der Waals surface area contributed by atoms with Gasteiger partial charge in [0.1, 0.15) is 0 Å². The van der Waals surface area contributed by atoms with Gasteiger partial charge in [-0.2, -0.15) is 11.8 Å². The molecule has 0 aliphatic heterocycles. The Hall–Kier alpha value is -1.55. The highest BCUT2D eigenvalue weighted by molar-refractivity contribution is 8.00. The number of hydrogen-bond acceptors (Lipinski definition) is 7. The van der Waals surface area contributed by atoms with Gasteiger partial charge >= 0.3 is 0 Å². The summed E-state index contributed by atoms with van der Waals surface area (Å²) in [6, 6.07) is 19.0. The van der Waals surface area contributed by atoms with Gasteiger partial charge in [-0.25, -0.2) is 0 Å². The Bertz CT molecular complexity index is 1320. The lowest BCUT2D eigenvalue weighted by molar-refractivity contribution is -0.118. The predicted molar refractivity (Wildman–Crippen MR) is 326 cm³/mol. The van der Waals surface area contributed by atoms with Crippen molar-refractivity contribution >= 4 is 29.4 Å². The number of ether oxygens (including phenoxy) is 3. The zero-order valence-electron chi connectivity index (χ0n) is 52.5. The van der Waals surface area contributed by atoms with Crippen LogP contribution in [0.5, 0.6) is 0 Å². The number of thioether (sulfide) groups is 2. The molecule has 0 spiro atoms. The average molecular weight is 1040 g/mol. The van der Waals surface area contributed by atoms with Crippen LogP contribution < -0.4 is 5.32 Å². The number of carbonyl (C=O) groups excluding carboxylic acids is 1. The lowest BCUT2D eigenvalue weighted by Gasteiger charge is -2.23. The van der Waals surface area contributed by atoms with Crippen LogP contribution in [0.2, 0.25) is 0 Å². The van der Waals surface area contributed by atoms with Crippen molar-refractivity contribution in [3.8, 4) is 0 Å². The van der Waals surface area contributed by atoms with Crippen molar-refractivity contribution in [3.05, 3.63) is 71.3 Å². The van der Waals surface area contributed by atoms with Gasteiger partial charge in [0.2, 0.25) is 5.91 Å². The molecule has 0 radical (unpaired) electrons. The molecule has 1 fully saturated rings. The van der Waals surface area contributed by atoms with E-state index in [1.165, 1.54) is 75.0 Å². The smallest absolute Gasteiger partial charge is 0.217 e. The van der Waals surface area contributed by atoms with Crippen LogP contribution in [0.1, 0.15) is 241 Å². The highest BCUT2D eigenvalue weighted by Gasteiger charge is 2.17. The predicted octanol–water partition coefficient (Wildman–Crippen LogP) is 19.5. The summed E-state index contributed by atoms with van der Waals surface area (Å²) in [5.74, 6) is 5.08. The van der Waals surface area contributed by atoms with Crippen molar-refractivity contribution in [2.75, 3.05) is 20.1 Å². The van der Waals surface area contributed by atoms with Crippen molar-refractivity contribution in [3.63, 3.8) is 0 Å². The molecule has 0 bridgehead atoms. The van der Waals surface area contributed by atoms with E-state index in [0.29, 0.717) is 40.3 Å². The van der Waals surface area contributed by atoms with Gasteiger partial charge in [0.15, 0.2) is 0 Å². The third kappa shape index (κ3) is 85.5. The van der Waals surface area contributed by atoms with E-state index >= 15 is 0 Å². The molecule has 1 aliphatic carbocycles. The monoisotopic (exact) mass is 1040 g/mol. The van der Waals surface area contributed by atoms with Crippen molar-refractivity contribution in [2.24, 2.45) is 29.1 Å². The molecule has 8 heteroatoms. The first-order valence-electron chi connectivity index (χ1n) is 27.5. The zero-order valence-corrected chi connectivity index (χ0v) is 54.1. The van der Waals surface area contributed by atoms with Crippen molar-refractivity contribution < 1.29 is 24.1 Å². The van der Waals surface area contributed by atoms with E-state index in [2.05, 4.69) is 166 Å². The number of benzene rings is 2. The van der Waals surface area contributed by atoms with Crippen LogP contribution in [0.15, 0.2) is 54.6 Å². The van der Waals surface area contributed by atoms with Crippen LogP contribution in [-0.2, 0) is 31.4 Å². The minimum Gasteiger partial charge on any atom is -0.393 e. The molecule has 2 aromatic rings. The van der Waals surface area contributed by atoms with Gasteiger partial charge in [-0.1, -0.05) is 210 Å². The first-order valence-corrected chi connectivity index (χ1v) is 29.4. The maximum absolute atomic E-state index is 10.4. The van der Waals surface area contributed by atoms with Crippen molar-refractivity contribution in [1.29, 1.82) is 0 Å². The number of aliphatic hydroxyl groups excluding tert-OH is 1. The molecule has 6 nitrogen and oxygen atoms in total. The van der Waals surface area contributed by atoms with Crippen LogP contribution in [0, 0.1) is 36.0 Å². The molecule has 424 valence electrons. The van der Waals surface area contributed by atoms with E-state index in [1.54, 1.807) is 26.0 Å². The molecule has 0 aromatic heterocycles. The second-order valence-corrected chi connectivity index (χ2v) is 27.4. The maximum Gasteiger partial charge on any atom is 0.217 e. The molecule has 71 heavy (non-hydrogen) atoms. The Labute approximate surface area is 454 Å². The minimum atomic E-state index is -0.0645. The lowest BCUT2D eigenvalue weighted by atomic mass is 9.86. The molecule has 1 unspecified atom stereocenters. The third-order valence-corrected chi connectivity index (χ3v) is 12.5.